The molecule has 0 fully saturated rings. The van der Waals surface area contributed by atoms with E-state index >= 15 is 0 Å². The minimum Gasteiger partial charge on any atom is -0.325 e. The van der Waals surface area contributed by atoms with E-state index in [9.17, 15) is 14.9 Å². The van der Waals surface area contributed by atoms with Crippen molar-refractivity contribution in [3.05, 3.63) is 68.2 Å². The third kappa shape index (κ3) is 3.92. The fourth-order valence-corrected chi connectivity index (χ4v) is 2.95. The van der Waals surface area contributed by atoms with E-state index in [0.29, 0.717) is 17.0 Å². The van der Waals surface area contributed by atoms with Crippen LogP contribution in [0.1, 0.15) is 30.5 Å². The van der Waals surface area contributed by atoms with Crippen LogP contribution in [-0.2, 0) is 24.1 Å². The maximum Gasteiger partial charge on any atom is 0.273 e. The molecule has 126 valence electrons. The van der Waals surface area contributed by atoms with Gasteiger partial charge in [-0.1, -0.05) is 49.7 Å². The number of aryl methyl sites for hydroxylation is 1. The number of halogens is 1. The van der Waals surface area contributed by atoms with E-state index in [1.54, 1.807) is 18.2 Å². The van der Waals surface area contributed by atoms with Crippen molar-refractivity contribution in [3.63, 3.8) is 0 Å². The molecular weight excluding hydrogens is 328 g/mol. The Labute approximate surface area is 145 Å². The lowest BCUT2D eigenvalue weighted by Crippen LogP contribution is -2.17. The summed E-state index contributed by atoms with van der Waals surface area (Å²) in [7, 11) is 0. The number of anilines is 1. The predicted molar refractivity (Wildman–Crippen MR) is 95.6 cm³/mol. The van der Waals surface area contributed by atoms with Gasteiger partial charge in [0, 0.05) is 22.3 Å². The van der Waals surface area contributed by atoms with Gasteiger partial charge >= 0.3 is 0 Å². The van der Waals surface area contributed by atoms with E-state index in [0.717, 1.165) is 23.2 Å². The second kappa shape index (κ2) is 7.93. The van der Waals surface area contributed by atoms with Gasteiger partial charge in [-0.3, -0.25) is 14.9 Å². The second-order valence-corrected chi connectivity index (χ2v) is 5.79. The lowest BCUT2D eigenvalue weighted by molar-refractivity contribution is -0.385. The molecule has 1 amide bonds. The molecule has 0 saturated carbocycles. The van der Waals surface area contributed by atoms with E-state index in [2.05, 4.69) is 5.32 Å². The Morgan fingerprint density at radius 3 is 2.46 bits per heavy atom. The second-order valence-electron chi connectivity index (χ2n) is 5.38. The summed E-state index contributed by atoms with van der Waals surface area (Å²) in [5, 5.41) is 14.6. The molecule has 0 aromatic heterocycles. The number of benzene rings is 2. The Hall–Kier alpha value is -2.40. The molecule has 2 aromatic rings. The van der Waals surface area contributed by atoms with Gasteiger partial charge in [-0.05, 0) is 30.0 Å². The summed E-state index contributed by atoms with van der Waals surface area (Å²) >= 11 is 6.23. The maximum atomic E-state index is 12.4. The average molecular weight is 347 g/mol. The first-order chi connectivity index (χ1) is 11.5. The van der Waals surface area contributed by atoms with Crippen LogP contribution in [-0.4, -0.2) is 10.8 Å². The maximum absolute atomic E-state index is 12.4. The highest BCUT2D eigenvalue weighted by Crippen LogP contribution is 2.30. The minimum atomic E-state index is -0.475. The Balaban J connectivity index is 2.28. The topological polar surface area (TPSA) is 72.2 Å². The van der Waals surface area contributed by atoms with Gasteiger partial charge in [0.2, 0.25) is 5.91 Å². The van der Waals surface area contributed by atoms with Crippen LogP contribution in [0.4, 0.5) is 11.4 Å². The van der Waals surface area contributed by atoms with Gasteiger partial charge < -0.3 is 5.32 Å². The third-order valence-electron chi connectivity index (χ3n) is 3.88. The number of nitrogens with one attached hydrogen (secondary N) is 1. The molecule has 2 rings (SSSR count). The van der Waals surface area contributed by atoms with Gasteiger partial charge in [0.05, 0.1) is 11.3 Å². The first-order valence-electron chi connectivity index (χ1n) is 7.80. The van der Waals surface area contributed by atoms with Crippen molar-refractivity contribution >= 4 is 28.9 Å². The van der Waals surface area contributed by atoms with E-state index in [1.807, 2.05) is 26.0 Å². The monoisotopic (exact) mass is 346 g/mol. The van der Waals surface area contributed by atoms with Gasteiger partial charge in [0.25, 0.3) is 5.69 Å². The fraction of sp³-hybridized carbons (Fsp3) is 0.278. The van der Waals surface area contributed by atoms with Crippen molar-refractivity contribution in [3.8, 4) is 0 Å². The van der Waals surface area contributed by atoms with E-state index < -0.39 is 4.92 Å². The molecule has 0 saturated heterocycles. The summed E-state index contributed by atoms with van der Waals surface area (Å²) in [6.07, 6.45) is 1.38. The summed E-state index contributed by atoms with van der Waals surface area (Å²) in [6, 6.07) is 9.98. The summed E-state index contributed by atoms with van der Waals surface area (Å²) in [5.74, 6) is -0.295. The Bertz CT molecular complexity index is 775. The number of amides is 1. The molecule has 0 radical (unpaired) electrons. The van der Waals surface area contributed by atoms with Crippen molar-refractivity contribution in [1.82, 2.24) is 0 Å². The summed E-state index contributed by atoms with van der Waals surface area (Å²) < 4.78 is 0. The minimum absolute atomic E-state index is 0.0508. The van der Waals surface area contributed by atoms with Crippen LogP contribution in [0.5, 0.6) is 0 Å². The molecule has 6 heteroatoms. The third-order valence-corrected chi connectivity index (χ3v) is 4.23. The molecule has 0 heterocycles. The Kier molecular flexibility index (Phi) is 5.93. The molecule has 0 bridgehead atoms. The number of nitro benzene ring substituents is 1. The molecule has 0 aliphatic carbocycles. The zero-order valence-electron chi connectivity index (χ0n) is 13.6. The van der Waals surface area contributed by atoms with Gasteiger partial charge in [-0.15, -0.1) is 0 Å². The van der Waals surface area contributed by atoms with Crippen LogP contribution >= 0.6 is 11.6 Å². The normalized spacial score (nSPS) is 10.5. The van der Waals surface area contributed by atoms with Gasteiger partial charge in [-0.2, -0.15) is 0 Å². The van der Waals surface area contributed by atoms with Crippen molar-refractivity contribution in [2.45, 2.75) is 33.1 Å². The molecule has 2 aromatic carbocycles. The number of hydrogen-bond donors (Lipinski definition) is 1. The van der Waals surface area contributed by atoms with E-state index in [4.69, 9.17) is 11.6 Å². The highest BCUT2D eigenvalue weighted by molar-refractivity contribution is 6.32. The van der Waals surface area contributed by atoms with Crippen LogP contribution in [0.25, 0.3) is 0 Å². The number of rotatable bonds is 6. The molecule has 0 aliphatic rings. The lowest BCUT2D eigenvalue weighted by atomic mass is 10.0. The number of carbonyl (C=O) groups is 1. The first kappa shape index (κ1) is 17.9. The van der Waals surface area contributed by atoms with Crippen LogP contribution in [0.2, 0.25) is 5.02 Å². The number of carbonyl (C=O) groups excluding carboxylic acids is 1. The van der Waals surface area contributed by atoms with Gasteiger partial charge in [0.15, 0.2) is 0 Å². The highest BCUT2D eigenvalue weighted by Gasteiger charge is 2.18. The van der Waals surface area contributed by atoms with Crippen molar-refractivity contribution in [1.29, 1.82) is 0 Å². The average Bonchev–Trinajstić information content (AvgIpc) is 2.55. The summed E-state index contributed by atoms with van der Waals surface area (Å²) in [6.45, 7) is 3.97. The molecule has 24 heavy (non-hydrogen) atoms. The zero-order valence-corrected chi connectivity index (χ0v) is 14.4. The number of nitrogens with zero attached hydrogens (tertiary/aromatic N) is 1. The predicted octanol–water partition coefficient (Wildman–Crippen LogP) is 4.55. The SMILES string of the molecule is CCc1ccc(Cl)c(CC)c1NC(=O)Cc1ccccc1[N+](=O)[O-]. The first-order valence-corrected chi connectivity index (χ1v) is 8.18. The van der Waals surface area contributed by atoms with Crippen molar-refractivity contribution in [2.24, 2.45) is 0 Å². The largest absolute Gasteiger partial charge is 0.325 e. The lowest BCUT2D eigenvalue weighted by Gasteiger charge is -2.16. The molecule has 1 N–H and O–H groups in total. The fourth-order valence-electron chi connectivity index (χ4n) is 2.66. The number of hydrogen-bond acceptors (Lipinski definition) is 3. The molecular formula is C18H19ClN2O3. The standard InChI is InChI=1S/C18H19ClN2O3/c1-3-12-9-10-15(19)14(4-2)18(12)20-17(22)11-13-7-5-6-8-16(13)21(23)24/h5-10H,3-4,11H2,1-2H3,(H,20,22). The van der Waals surface area contributed by atoms with E-state index in [1.165, 1.54) is 6.07 Å². The summed E-state index contributed by atoms with van der Waals surface area (Å²) in [4.78, 5) is 23.0. The van der Waals surface area contributed by atoms with Gasteiger partial charge in [0.1, 0.15) is 0 Å². The quantitative estimate of drug-likeness (QED) is 0.615. The molecule has 0 aliphatic heterocycles. The number of nitro groups is 1. The van der Waals surface area contributed by atoms with Crippen molar-refractivity contribution < 1.29 is 9.72 Å². The molecule has 0 unspecified atom stereocenters. The van der Waals surface area contributed by atoms with E-state index in [-0.39, 0.29) is 18.0 Å². The van der Waals surface area contributed by atoms with Crippen LogP contribution in [0.3, 0.4) is 0 Å². The zero-order chi connectivity index (χ0) is 17.7. The summed E-state index contributed by atoms with van der Waals surface area (Å²) in [5.41, 5.74) is 2.93. The highest BCUT2D eigenvalue weighted by atomic mass is 35.5. The van der Waals surface area contributed by atoms with Crippen molar-refractivity contribution in [2.75, 3.05) is 5.32 Å². The Morgan fingerprint density at radius 1 is 1.12 bits per heavy atom. The van der Waals surface area contributed by atoms with Crippen LogP contribution < -0.4 is 5.32 Å². The van der Waals surface area contributed by atoms with Crippen LogP contribution in [0, 0.1) is 10.1 Å². The molecule has 0 spiro atoms. The Morgan fingerprint density at radius 2 is 1.83 bits per heavy atom. The smallest absolute Gasteiger partial charge is 0.273 e. The number of para-hydroxylation sites is 1. The van der Waals surface area contributed by atoms with Gasteiger partial charge in [-0.25, -0.2) is 0 Å². The molecule has 0 atom stereocenters. The van der Waals surface area contributed by atoms with Crippen LogP contribution in [0.15, 0.2) is 36.4 Å². The molecule has 5 nitrogen and oxygen atoms in total.